The molecule has 1 aliphatic rings. The maximum atomic E-state index is 13.0. The minimum Gasteiger partial charge on any atom is -0.368 e. The maximum absolute atomic E-state index is 13.0. The lowest BCUT2D eigenvalue weighted by atomic mass is 10.2. The largest absolute Gasteiger partial charge is 0.368 e. The molecule has 0 amide bonds. The fourth-order valence-electron chi connectivity index (χ4n) is 2.79. The van der Waals surface area contributed by atoms with E-state index in [1.807, 2.05) is 12.1 Å². The van der Waals surface area contributed by atoms with Crippen LogP contribution in [-0.4, -0.2) is 41.0 Å². The van der Waals surface area contributed by atoms with Gasteiger partial charge < -0.3 is 10.6 Å². The van der Waals surface area contributed by atoms with Gasteiger partial charge in [0.2, 0.25) is 5.95 Å². The fourth-order valence-corrected chi connectivity index (χ4v) is 2.98. The Bertz CT molecular complexity index is 644. The standard InChI is InChI=1S/C16H19ClFN5/c17-14-10-15(21-16(19)20-14)23-7-1-6-22(8-9-23)11-12-2-4-13(18)5-3-12/h2-5,10H,1,6-9,11H2,(H2,19,20,21). The van der Waals surface area contributed by atoms with Crippen LogP contribution in [0.1, 0.15) is 12.0 Å². The maximum Gasteiger partial charge on any atom is 0.223 e. The first-order valence-electron chi connectivity index (χ1n) is 7.62. The molecule has 122 valence electrons. The van der Waals surface area contributed by atoms with Crippen LogP contribution in [-0.2, 0) is 6.54 Å². The van der Waals surface area contributed by atoms with E-state index in [-0.39, 0.29) is 11.8 Å². The van der Waals surface area contributed by atoms with Crippen molar-refractivity contribution >= 4 is 23.4 Å². The van der Waals surface area contributed by atoms with Crippen LogP contribution < -0.4 is 10.6 Å². The predicted molar refractivity (Wildman–Crippen MR) is 90.0 cm³/mol. The van der Waals surface area contributed by atoms with E-state index in [4.69, 9.17) is 17.3 Å². The number of nitrogens with two attached hydrogens (primary N) is 1. The number of anilines is 2. The van der Waals surface area contributed by atoms with Gasteiger partial charge in [0.25, 0.3) is 0 Å². The molecule has 2 aromatic rings. The highest BCUT2D eigenvalue weighted by atomic mass is 35.5. The third-order valence-electron chi connectivity index (χ3n) is 3.93. The van der Waals surface area contributed by atoms with Crippen LogP contribution in [0.2, 0.25) is 5.15 Å². The minimum atomic E-state index is -0.200. The molecule has 0 radical (unpaired) electrons. The number of nitrogens with zero attached hydrogens (tertiary/aromatic N) is 4. The number of hydrogen-bond acceptors (Lipinski definition) is 5. The van der Waals surface area contributed by atoms with Gasteiger partial charge in [-0.25, -0.2) is 9.37 Å². The highest BCUT2D eigenvalue weighted by Gasteiger charge is 2.17. The number of hydrogen-bond donors (Lipinski definition) is 1. The summed E-state index contributed by atoms with van der Waals surface area (Å²) in [7, 11) is 0. The summed E-state index contributed by atoms with van der Waals surface area (Å²) in [5.41, 5.74) is 6.79. The summed E-state index contributed by atoms with van der Waals surface area (Å²) in [6.45, 7) is 4.45. The van der Waals surface area contributed by atoms with Crippen LogP contribution in [0.3, 0.4) is 0 Å². The molecule has 1 aromatic carbocycles. The van der Waals surface area contributed by atoms with E-state index in [1.165, 1.54) is 12.1 Å². The second kappa shape index (κ2) is 7.10. The molecule has 5 nitrogen and oxygen atoms in total. The average Bonchev–Trinajstić information content (AvgIpc) is 2.74. The molecule has 0 aliphatic carbocycles. The number of halogens is 2. The van der Waals surface area contributed by atoms with Crippen molar-refractivity contribution in [2.45, 2.75) is 13.0 Å². The summed E-state index contributed by atoms with van der Waals surface area (Å²) < 4.78 is 13.0. The van der Waals surface area contributed by atoms with Crippen molar-refractivity contribution in [1.29, 1.82) is 0 Å². The van der Waals surface area contributed by atoms with Crippen molar-refractivity contribution in [3.8, 4) is 0 Å². The average molecular weight is 336 g/mol. The van der Waals surface area contributed by atoms with Crippen molar-refractivity contribution in [2.75, 3.05) is 36.8 Å². The molecule has 1 aromatic heterocycles. The van der Waals surface area contributed by atoms with E-state index in [0.29, 0.717) is 5.15 Å². The smallest absolute Gasteiger partial charge is 0.223 e. The van der Waals surface area contributed by atoms with Crippen LogP contribution in [0.5, 0.6) is 0 Å². The first-order valence-corrected chi connectivity index (χ1v) is 8.00. The third-order valence-corrected chi connectivity index (χ3v) is 4.12. The minimum absolute atomic E-state index is 0.194. The van der Waals surface area contributed by atoms with Gasteiger partial charge in [0, 0.05) is 38.8 Å². The Morgan fingerprint density at radius 3 is 2.61 bits per heavy atom. The summed E-state index contributed by atoms with van der Waals surface area (Å²) >= 11 is 5.96. The van der Waals surface area contributed by atoms with Gasteiger partial charge in [0.1, 0.15) is 16.8 Å². The summed E-state index contributed by atoms with van der Waals surface area (Å²) in [6.07, 6.45) is 1.02. The molecule has 0 spiro atoms. The fraction of sp³-hybridized carbons (Fsp3) is 0.375. The zero-order chi connectivity index (χ0) is 16.2. The Morgan fingerprint density at radius 1 is 1.09 bits per heavy atom. The SMILES string of the molecule is Nc1nc(Cl)cc(N2CCCN(Cc3ccc(F)cc3)CC2)n1. The summed E-state index contributed by atoms with van der Waals surface area (Å²) in [5, 5.41) is 0.361. The Labute approximate surface area is 139 Å². The Hall–Kier alpha value is -1.92. The van der Waals surface area contributed by atoms with Gasteiger partial charge in [0.05, 0.1) is 0 Å². The lowest BCUT2D eigenvalue weighted by molar-refractivity contribution is 0.285. The van der Waals surface area contributed by atoms with Gasteiger partial charge >= 0.3 is 0 Å². The molecule has 1 aliphatic heterocycles. The normalized spacial score (nSPS) is 16.3. The number of benzene rings is 1. The second-order valence-corrected chi connectivity index (χ2v) is 6.04. The molecular formula is C16H19ClFN5. The molecule has 2 heterocycles. The number of nitrogen functional groups attached to an aromatic ring is 1. The zero-order valence-corrected chi connectivity index (χ0v) is 13.5. The molecule has 0 bridgehead atoms. The van der Waals surface area contributed by atoms with Gasteiger partial charge in [-0.2, -0.15) is 4.98 Å². The summed E-state index contributed by atoms with van der Waals surface area (Å²) in [5.74, 6) is 0.764. The van der Waals surface area contributed by atoms with E-state index >= 15 is 0 Å². The number of aromatic nitrogens is 2. The molecular weight excluding hydrogens is 317 g/mol. The molecule has 0 unspecified atom stereocenters. The van der Waals surface area contributed by atoms with Crippen LogP contribution in [0.25, 0.3) is 0 Å². The Morgan fingerprint density at radius 2 is 1.87 bits per heavy atom. The molecule has 0 atom stereocenters. The first-order chi connectivity index (χ1) is 11.1. The molecule has 3 rings (SSSR count). The van der Waals surface area contributed by atoms with Crippen molar-refractivity contribution in [1.82, 2.24) is 14.9 Å². The molecule has 7 heteroatoms. The lowest BCUT2D eigenvalue weighted by Gasteiger charge is -2.23. The quantitative estimate of drug-likeness (QED) is 0.874. The van der Waals surface area contributed by atoms with Gasteiger partial charge in [-0.3, -0.25) is 4.90 Å². The summed E-state index contributed by atoms with van der Waals surface area (Å²) in [6, 6.07) is 8.43. The molecule has 23 heavy (non-hydrogen) atoms. The van der Waals surface area contributed by atoms with Gasteiger partial charge in [0.15, 0.2) is 0 Å². The van der Waals surface area contributed by atoms with Crippen molar-refractivity contribution in [3.63, 3.8) is 0 Å². The van der Waals surface area contributed by atoms with E-state index in [0.717, 1.165) is 50.5 Å². The second-order valence-electron chi connectivity index (χ2n) is 5.65. The van der Waals surface area contributed by atoms with Gasteiger partial charge in [-0.15, -0.1) is 0 Å². The van der Waals surface area contributed by atoms with E-state index < -0.39 is 0 Å². The highest BCUT2D eigenvalue weighted by molar-refractivity contribution is 6.29. The van der Waals surface area contributed by atoms with Gasteiger partial charge in [-0.05, 0) is 24.1 Å². The topological polar surface area (TPSA) is 58.3 Å². The Kier molecular flexibility index (Phi) is 4.93. The molecule has 1 fully saturated rings. The number of rotatable bonds is 3. The molecule has 1 saturated heterocycles. The van der Waals surface area contributed by atoms with E-state index in [1.54, 1.807) is 6.07 Å². The van der Waals surface area contributed by atoms with Crippen LogP contribution >= 0.6 is 11.6 Å². The predicted octanol–water partition coefficient (Wildman–Crippen LogP) is 2.56. The van der Waals surface area contributed by atoms with Crippen molar-refractivity contribution in [2.24, 2.45) is 0 Å². The first kappa shape index (κ1) is 16.0. The molecule has 0 saturated carbocycles. The van der Waals surface area contributed by atoms with E-state index in [2.05, 4.69) is 19.8 Å². The summed E-state index contributed by atoms with van der Waals surface area (Å²) in [4.78, 5) is 12.7. The Balaban J connectivity index is 1.63. The highest BCUT2D eigenvalue weighted by Crippen LogP contribution is 2.19. The van der Waals surface area contributed by atoms with Crippen LogP contribution in [0, 0.1) is 5.82 Å². The van der Waals surface area contributed by atoms with Crippen LogP contribution in [0.15, 0.2) is 30.3 Å². The third kappa shape index (κ3) is 4.30. The molecule has 2 N–H and O–H groups in total. The van der Waals surface area contributed by atoms with Gasteiger partial charge in [-0.1, -0.05) is 23.7 Å². The lowest BCUT2D eigenvalue weighted by Crippen LogP contribution is -2.31. The van der Waals surface area contributed by atoms with Crippen molar-refractivity contribution in [3.05, 3.63) is 46.9 Å². The van der Waals surface area contributed by atoms with Crippen LogP contribution in [0.4, 0.5) is 16.2 Å². The van der Waals surface area contributed by atoms with Crippen molar-refractivity contribution < 1.29 is 4.39 Å². The van der Waals surface area contributed by atoms with E-state index in [9.17, 15) is 4.39 Å². The monoisotopic (exact) mass is 335 g/mol. The zero-order valence-electron chi connectivity index (χ0n) is 12.8.